The monoisotopic (exact) mass is 702 g/mol. The van der Waals surface area contributed by atoms with E-state index in [-0.39, 0.29) is 0 Å². The molecule has 0 heteroatoms. The molecule has 56 heavy (non-hydrogen) atoms. The molecule has 0 aliphatic heterocycles. The molecule has 2 aliphatic carbocycles. The second-order valence-electron chi connectivity index (χ2n) is 15.8. The molecular weight excluding hydrogens is 673 g/mol. The van der Waals surface area contributed by atoms with E-state index in [0.717, 1.165) is 0 Å². The Bertz CT molecular complexity index is 3420. The minimum Gasteiger partial charge on any atom is -0.0622 e. The van der Waals surface area contributed by atoms with E-state index in [1.165, 1.54) is 143 Å². The van der Waals surface area contributed by atoms with Crippen LogP contribution in [0.2, 0.25) is 0 Å². The van der Waals surface area contributed by atoms with Crippen LogP contribution < -0.4 is 0 Å². The third-order valence-electron chi connectivity index (χ3n) is 13.2. The summed E-state index contributed by atoms with van der Waals surface area (Å²) in [7, 11) is 0. The van der Waals surface area contributed by atoms with Crippen LogP contribution in [-0.2, 0) is 0 Å². The molecule has 2 aliphatic rings. The Morgan fingerprint density at radius 1 is 0.179 bits per heavy atom. The van der Waals surface area contributed by atoms with Gasteiger partial charge in [-0.25, -0.2) is 0 Å². The molecular formula is C56H30. The van der Waals surface area contributed by atoms with Crippen LogP contribution in [0.25, 0.3) is 143 Å². The van der Waals surface area contributed by atoms with Crippen LogP contribution in [0.4, 0.5) is 0 Å². The minimum atomic E-state index is 1.23. The van der Waals surface area contributed by atoms with Gasteiger partial charge in [-0.2, -0.15) is 0 Å². The van der Waals surface area contributed by atoms with Gasteiger partial charge in [0.25, 0.3) is 0 Å². The van der Waals surface area contributed by atoms with E-state index in [9.17, 15) is 0 Å². The Labute approximate surface area is 323 Å². The van der Waals surface area contributed by atoms with E-state index in [1.54, 1.807) is 0 Å². The third kappa shape index (κ3) is 3.43. The molecule has 0 N–H and O–H groups in total. The van der Waals surface area contributed by atoms with E-state index < -0.39 is 0 Å². The zero-order valence-corrected chi connectivity index (χ0v) is 30.3. The fraction of sp³-hybridized carbons (Fsp3) is 0. The fourth-order valence-electron chi connectivity index (χ4n) is 11.1. The average Bonchev–Trinajstić information content (AvgIpc) is 3.98. The molecule has 0 saturated heterocycles. The van der Waals surface area contributed by atoms with Crippen LogP contribution in [0, 0.1) is 0 Å². The molecule has 254 valence electrons. The molecule has 0 saturated carbocycles. The van der Waals surface area contributed by atoms with Gasteiger partial charge in [0.2, 0.25) is 0 Å². The average molecular weight is 703 g/mol. The van der Waals surface area contributed by atoms with Gasteiger partial charge in [0.15, 0.2) is 0 Å². The summed E-state index contributed by atoms with van der Waals surface area (Å²) in [6.45, 7) is 0. The SMILES string of the molecule is c1ccc(-c2cccc(-c3c4c5ccc6c7c(ccc(c4c(-c4ccccc4)c4c8ccc9c%10c(ccc(c34)c%108)-c3ccccc3-9)c75)-c3ccccc3-6)c2)cc1. The first-order chi connectivity index (χ1) is 27.8. The molecule has 14 rings (SSSR count). The largest absolute Gasteiger partial charge is 0.0622 e. The zero-order valence-electron chi connectivity index (χ0n) is 30.3. The zero-order chi connectivity index (χ0) is 36.2. The molecule has 0 amide bonds. The smallest absolute Gasteiger partial charge is 0.000717 e. The Kier molecular flexibility index (Phi) is 5.34. The van der Waals surface area contributed by atoms with Crippen molar-refractivity contribution in [3.8, 4) is 77.9 Å². The first-order valence-corrected chi connectivity index (χ1v) is 19.7. The summed E-state index contributed by atoms with van der Waals surface area (Å²) >= 11 is 0. The summed E-state index contributed by atoms with van der Waals surface area (Å²) in [6, 6.07) is 68.6. The van der Waals surface area contributed by atoms with E-state index in [4.69, 9.17) is 0 Å². The predicted molar refractivity (Wildman–Crippen MR) is 239 cm³/mol. The van der Waals surface area contributed by atoms with Gasteiger partial charge in [-0.15, -0.1) is 0 Å². The van der Waals surface area contributed by atoms with Gasteiger partial charge >= 0.3 is 0 Å². The molecule has 0 fully saturated rings. The van der Waals surface area contributed by atoms with Gasteiger partial charge in [-0.1, -0.05) is 176 Å². The van der Waals surface area contributed by atoms with Crippen molar-refractivity contribution in [3.05, 3.63) is 182 Å². The molecule has 12 aromatic carbocycles. The quantitative estimate of drug-likeness (QED) is 0.172. The summed E-state index contributed by atoms with van der Waals surface area (Å²) in [5.74, 6) is 0. The fourth-order valence-corrected chi connectivity index (χ4v) is 11.1. The van der Waals surface area contributed by atoms with E-state index in [2.05, 4.69) is 182 Å². The summed E-state index contributed by atoms with van der Waals surface area (Å²) in [5, 5.41) is 16.3. The highest BCUT2D eigenvalue weighted by molar-refractivity contribution is 6.48. The summed E-state index contributed by atoms with van der Waals surface area (Å²) in [5.41, 5.74) is 18.4. The van der Waals surface area contributed by atoms with Crippen LogP contribution in [0.1, 0.15) is 0 Å². The molecule has 0 bridgehead atoms. The van der Waals surface area contributed by atoms with Crippen molar-refractivity contribution in [2.75, 3.05) is 0 Å². The van der Waals surface area contributed by atoms with Crippen molar-refractivity contribution in [2.45, 2.75) is 0 Å². The summed E-state index contributed by atoms with van der Waals surface area (Å²) < 4.78 is 0. The van der Waals surface area contributed by atoms with E-state index in [1.807, 2.05) is 0 Å². The minimum absolute atomic E-state index is 1.23. The van der Waals surface area contributed by atoms with Crippen LogP contribution in [0.3, 0.4) is 0 Å². The lowest BCUT2D eigenvalue weighted by atomic mass is 9.86. The lowest BCUT2D eigenvalue weighted by molar-refractivity contribution is 1.62. The number of hydrogen-bond acceptors (Lipinski definition) is 0. The Hall–Kier alpha value is -7.28. The van der Waals surface area contributed by atoms with Gasteiger partial charge in [-0.05, 0) is 149 Å². The normalized spacial score (nSPS) is 12.6. The van der Waals surface area contributed by atoms with Crippen LogP contribution in [0.15, 0.2) is 182 Å². The van der Waals surface area contributed by atoms with Gasteiger partial charge in [-0.3, -0.25) is 0 Å². The highest BCUT2D eigenvalue weighted by atomic mass is 14.3. The summed E-state index contributed by atoms with van der Waals surface area (Å²) in [4.78, 5) is 0. The Morgan fingerprint density at radius 3 is 0.946 bits per heavy atom. The molecule has 0 nitrogen and oxygen atoms in total. The number of rotatable bonds is 3. The van der Waals surface area contributed by atoms with Crippen LogP contribution in [-0.4, -0.2) is 0 Å². The van der Waals surface area contributed by atoms with Gasteiger partial charge < -0.3 is 0 Å². The molecule has 12 aromatic rings. The number of benzene rings is 10. The van der Waals surface area contributed by atoms with Crippen molar-refractivity contribution in [2.24, 2.45) is 0 Å². The first kappa shape index (κ1) is 29.1. The Balaban J connectivity index is 1.26. The van der Waals surface area contributed by atoms with Crippen molar-refractivity contribution >= 4 is 64.6 Å². The number of fused-ring (bicyclic) bond motifs is 12. The summed E-state index contributed by atoms with van der Waals surface area (Å²) in [6.07, 6.45) is 0. The molecule has 0 aromatic heterocycles. The van der Waals surface area contributed by atoms with Crippen LogP contribution in [0.5, 0.6) is 0 Å². The third-order valence-corrected chi connectivity index (χ3v) is 13.2. The van der Waals surface area contributed by atoms with Gasteiger partial charge in [0, 0.05) is 0 Å². The molecule has 0 radical (unpaired) electrons. The second-order valence-corrected chi connectivity index (χ2v) is 15.8. The van der Waals surface area contributed by atoms with Gasteiger partial charge in [0.1, 0.15) is 0 Å². The van der Waals surface area contributed by atoms with Crippen molar-refractivity contribution < 1.29 is 0 Å². The maximum Gasteiger partial charge on any atom is -0.000717 e. The topological polar surface area (TPSA) is 0 Å². The van der Waals surface area contributed by atoms with Crippen molar-refractivity contribution in [3.63, 3.8) is 0 Å². The lowest BCUT2D eigenvalue weighted by Crippen LogP contribution is -1.89. The number of hydrogen-bond donors (Lipinski definition) is 0. The highest BCUT2D eigenvalue weighted by Crippen LogP contribution is 2.60. The lowest BCUT2D eigenvalue weighted by Gasteiger charge is -2.16. The Morgan fingerprint density at radius 2 is 0.518 bits per heavy atom. The maximum absolute atomic E-state index is 2.44. The van der Waals surface area contributed by atoms with Crippen LogP contribution >= 0.6 is 0 Å². The van der Waals surface area contributed by atoms with E-state index >= 15 is 0 Å². The van der Waals surface area contributed by atoms with Crippen molar-refractivity contribution in [1.29, 1.82) is 0 Å². The molecule has 0 spiro atoms. The highest BCUT2D eigenvalue weighted by Gasteiger charge is 2.32. The van der Waals surface area contributed by atoms with Crippen molar-refractivity contribution in [1.82, 2.24) is 0 Å². The molecule has 0 atom stereocenters. The second kappa shape index (κ2) is 10.3. The first-order valence-electron chi connectivity index (χ1n) is 19.7. The maximum atomic E-state index is 2.44. The predicted octanol–water partition coefficient (Wildman–Crippen LogP) is 15.8. The van der Waals surface area contributed by atoms with Gasteiger partial charge in [0.05, 0.1) is 0 Å². The molecule has 0 heterocycles. The standard InChI is InChI=1S/C56H30/c1-3-12-31(13-4-1)33-16-11-17-34(30-33)48-55-45-28-24-41-37-20-9-7-18-35(37)39-22-26-43(51(45)49(39)41)53(55)47(32-14-5-2-6-15-32)54-44-27-23-40-36-19-8-10-21-38(36)42-25-29-46(56(48)54)52(44)50(40)42/h1-30H. The van der Waals surface area contributed by atoms with E-state index in [0.29, 0.717) is 0 Å². The molecule has 0 unspecified atom stereocenters.